The van der Waals surface area contributed by atoms with Crippen molar-refractivity contribution in [2.24, 2.45) is 0 Å². The Morgan fingerprint density at radius 1 is 1.55 bits per heavy atom. The van der Waals surface area contributed by atoms with Crippen LogP contribution < -0.4 is 0 Å². The van der Waals surface area contributed by atoms with Crippen molar-refractivity contribution in [1.29, 1.82) is 0 Å². The zero-order valence-electron chi connectivity index (χ0n) is 11.3. The van der Waals surface area contributed by atoms with Gasteiger partial charge >= 0.3 is 5.97 Å². The van der Waals surface area contributed by atoms with E-state index in [4.69, 9.17) is 14.4 Å². The van der Waals surface area contributed by atoms with Crippen molar-refractivity contribution >= 4 is 17.1 Å². The number of aliphatic hydroxyl groups is 1. The van der Waals surface area contributed by atoms with Gasteiger partial charge in [0, 0.05) is 24.6 Å². The second kappa shape index (κ2) is 5.20. The van der Waals surface area contributed by atoms with Crippen LogP contribution in [0.3, 0.4) is 0 Å². The average Bonchev–Trinajstić information content (AvgIpc) is 3.22. The fourth-order valence-electron chi connectivity index (χ4n) is 2.26. The standard InChI is InChI=1S/C14H16N2O4/c1-2-19-14(18)9-7-11(8-3-4-8)15-13-12(9)10(5-6-17)16-20-13/h7-8,17H,2-6H2,1H3. The topological polar surface area (TPSA) is 85.5 Å². The van der Waals surface area contributed by atoms with E-state index in [1.165, 1.54) is 0 Å². The van der Waals surface area contributed by atoms with E-state index in [1.54, 1.807) is 13.0 Å². The molecule has 1 aliphatic carbocycles. The number of carbonyl (C=O) groups excluding carboxylic acids is 1. The Morgan fingerprint density at radius 3 is 3.00 bits per heavy atom. The molecule has 2 aromatic heterocycles. The van der Waals surface area contributed by atoms with Crippen LogP contribution >= 0.6 is 0 Å². The number of ether oxygens (including phenoxy) is 1. The fourth-order valence-corrected chi connectivity index (χ4v) is 2.26. The van der Waals surface area contributed by atoms with Crippen molar-refractivity contribution in [3.63, 3.8) is 0 Å². The number of rotatable bonds is 5. The molecule has 3 rings (SSSR count). The maximum atomic E-state index is 12.1. The molecule has 0 bridgehead atoms. The largest absolute Gasteiger partial charge is 0.462 e. The van der Waals surface area contributed by atoms with Gasteiger partial charge in [-0.05, 0) is 25.8 Å². The lowest BCUT2D eigenvalue weighted by Crippen LogP contribution is -2.08. The Balaban J connectivity index is 2.14. The van der Waals surface area contributed by atoms with Gasteiger partial charge in [0.25, 0.3) is 5.71 Å². The molecule has 0 aliphatic heterocycles. The van der Waals surface area contributed by atoms with Crippen molar-refractivity contribution in [3.05, 3.63) is 23.0 Å². The Morgan fingerprint density at radius 2 is 2.35 bits per heavy atom. The number of carbonyl (C=O) groups is 1. The van der Waals surface area contributed by atoms with Crippen molar-refractivity contribution in [1.82, 2.24) is 10.1 Å². The number of nitrogens with zero attached hydrogens (tertiary/aromatic N) is 2. The summed E-state index contributed by atoms with van der Waals surface area (Å²) < 4.78 is 10.3. The Kier molecular flexibility index (Phi) is 3.40. The predicted molar refractivity (Wildman–Crippen MR) is 70.5 cm³/mol. The van der Waals surface area contributed by atoms with Crippen molar-refractivity contribution < 1.29 is 19.2 Å². The van der Waals surface area contributed by atoms with Gasteiger partial charge in [-0.3, -0.25) is 0 Å². The summed E-state index contributed by atoms with van der Waals surface area (Å²) in [5.74, 6) is 0.00292. The first-order chi connectivity index (χ1) is 9.74. The van der Waals surface area contributed by atoms with Gasteiger partial charge in [0.1, 0.15) is 0 Å². The summed E-state index contributed by atoms with van der Waals surface area (Å²) in [6.07, 6.45) is 2.49. The molecule has 1 aliphatic rings. The number of hydrogen-bond donors (Lipinski definition) is 1. The first-order valence-electron chi connectivity index (χ1n) is 6.81. The van der Waals surface area contributed by atoms with Gasteiger partial charge in [0.15, 0.2) is 0 Å². The van der Waals surface area contributed by atoms with Crippen LogP contribution in [0.5, 0.6) is 0 Å². The highest BCUT2D eigenvalue weighted by molar-refractivity contribution is 6.03. The van der Waals surface area contributed by atoms with Crippen molar-refractivity contribution in [2.45, 2.75) is 32.1 Å². The van der Waals surface area contributed by atoms with E-state index < -0.39 is 5.97 Å². The van der Waals surface area contributed by atoms with Crippen LogP contribution in [0.1, 0.15) is 47.4 Å². The van der Waals surface area contributed by atoms with E-state index in [0.29, 0.717) is 41.3 Å². The summed E-state index contributed by atoms with van der Waals surface area (Å²) in [6.45, 7) is 2.01. The number of aromatic nitrogens is 2. The first-order valence-corrected chi connectivity index (χ1v) is 6.81. The minimum atomic E-state index is -0.399. The molecular weight excluding hydrogens is 260 g/mol. The second-order valence-corrected chi connectivity index (χ2v) is 4.87. The molecule has 0 unspecified atom stereocenters. The number of pyridine rings is 1. The molecule has 106 valence electrons. The number of fused-ring (bicyclic) bond motifs is 1. The summed E-state index contributed by atoms with van der Waals surface area (Å²) >= 11 is 0. The molecule has 0 spiro atoms. The van der Waals surface area contributed by atoms with E-state index in [-0.39, 0.29) is 6.61 Å². The normalized spacial score (nSPS) is 14.7. The summed E-state index contributed by atoms with van der Waals surface area (Å²) in [6, 6.07) is 1.77. The summed E-state index contributed by atoms with van der Waals surface area (Å²) in [7, 11) is 0. The van der Waals surface area contributed by atoms with Gasteiger partial charge < -0.3 is 14.4 Å². The number of hydrogen-bond acceptors (Lipinski definition) is 6. The minimum Gasteiger partial charge on any atom is -0.462 e. The molecule has 0 atom stereocenters. The van der Waals surface area contributed by atoms with Gasteiger partial charge in [0.2, 0.25) is 0 Å². The molecule has 2 aromatic rings. The first kappa shape index (κ1) is 13.1. The summed E-state index contributed by atoms with van der Waals surface area (Å²) in [5.41, 5.74) is 2.18. The molecule has 0 aromatic carbocycles. The van der Waals surface area contributed by atoms with Crippen LogP contribution in [-0.2, 0) is 11.2 Å². The Hall–Kier alpha value is -1.95. The molecule has 6 nitrogen and oxygen atoms in total. The molecule has 1 saturated carbocycles. The number of aliphatic hydroxyl groups excluding tert-OH is 1. The monoisotopic (exact) mass is 276 g/mol. The second-order valence-electron chi connectivity index (χ2n) is 4.87. The molecule has 0 saturated heterocycles. The lowest BCUT2D eigenvalue weighted by atomic mass is 10.1. The van der Waals surface area contributed by atoms with Crippen LogP contribution in [0, 0.1) is 0 Å². The van der Waals surface area contributed by atoms with Crippen LogP contribution in [0.2, 0.25) is 0 Å². The molecule has 0 radical (unpaired) electrons. The smallest absolute Gasteiger partial charge is 0.339 e. The van der Waals surface area contributed by atoms with Crippen LogP contribution in [-0.4, -0.2) is 34.4 Å². The van der Waals surface area contributed by atoms with E-state index in [2.05, 4.69) is 10.1 Å². The molecule has 20 heavy (non-hydrogen) atoms. The van der Waals surface area contributed by atoms with Gasteiger partial charge in [-0.15, -0.1) is 0 Å². The lowest BCUT2D eigenvalue weighted by Gasteiger charge is -2.06. The molecule has 6 heteroatoms. The zero-order chi connectivity index (χ0) is 14.1. The maximum Gasteiger partial charge on any atom is 0.339 e. The van der Waals surface area contributed by atoms with Crippen LogP contribution in [0.25, 0.3) is 11.1 Å². The minimum absolute atomic E-state index is 0.0612. The molecular formula is C14H16N2O4. The highest BCUT2D eigenvalue weighted by atomic mass is 16.5. The van der Waals surface area contributed by atoms with Gasteiger partial charge in [-0.2, -0.15) is 0 Å². The molecule has 1 N–H and O–H groups in total. The summed E-state index contributed by atoms with van der Waals surface area (Å²) in [4.78, 5) is 16.6. The third-order valence-electron chi connectivity index (χ3n) is 3.38. The van der Waals surface area contributed by atoms with E-state index in [1.807, 2.05) is 0 Å². The molecule has 2 heterocycles. The van der Waals surface area contributed by atoms with E-state index >= 15 is 0 Å². The zero-order valence-corrected chi connectivity index (χ0v) is 11.3. The van der Waals surface area contributed by atoms with Gasteiger partial charge in [-0.1, -0.05) is 5.16 Å². The predicted octanol–water partition coefficient (Wildman–Crippen LogP) is 1.81. The highest BCUT2D eigenvalue weighted by Crippen LogP contribution is 2.40. The SMILES string of the molecule is CCOC(=O)c1cc(C2CC2)nc2onc(CCO)c12. The number of esters is 1. The van der Waals surface area contributed by atoms with E-state index in [0.717, 1.165) is 18.5 Å². The lowest BCUT2D eigenvalue weighted by molar-refractivity contribution is 0.0528. The van der Waals surface area contributed by atoms with Gasteiger partial charge in [0.05, 0.1) is 23.3 Å². The summed E-state index contributed by atoms with van der Waals surface area (Å²) in [5, 5.41) is 13.5. The van der Waals surface area contributed by atoms with Crippen molar-refractivity contribution in [3.8, 4) is 0 Å². The Labute approximate surface area is 115 Å². The quantitative estimate of drug-likeness (QED) is 0.838. The van der Waals surface area contributed by atoms with Crippen LogP contribution in [0.4, 0.5) is 0 Å². The third-order valence-corrected chi connectivity index (χ3v) is 3.38. The Bertz CT molecular complexity index is 646. The van der Waals surface area contributed by atoms with Crippen molar-refractivity contribution in [2.75, 3.05) is 13.2 Å². The maximum absolute atomic E-state index is 12.1. The van der Waals surface area contributed by atoms with Gasteiger partial charge in [-0.25, -0.2) is 9.78 Å². The van der Waals surface area contributed by atoms with E-state index in [9.17, 15) is 4.79 Å². The average molecular weight is 276 g/mol. The van der Waals surface area contributed by atoms with Crippen LogP contribution in [0.15, 0.2) is 10.6 Å². The highest BCUT2D eigenvalue weighted by Gasteiger charge is 2.29. The molecule has 0 amide bonds. The fraction of sp³-hybridized carbons (Fsp3) is 0.500. The third kappa shape index (κ3) is 2.27. The molecule has 1 fully saturated rings.